The molecule has 0 atom stereocenters. The molecular weight excluding hydrogens is 332 g/mol. The summed E-state index contributed by atoms with van der Waals surface area (Å²) in [7, 11) is 0. The number of para-hydroxylation sites is 1. The van der Waals surface area contributed by atoms with Gasteiger partial charge in [0, 0.05) is 0 Å². The summed E-state index contributed by atoms with van der Waals surface area (Å²) in [4.78, 5) is 27.9. The molecule has 7 heteroatoms. The molecule has 3 N–H and O–H groups in total. The molecule has 7 nitrogen and oxygen atoms in total. The van der Waals surface area contributed by atoms with Gasteiger partial charge in [-0.25, -0.2) is 4.99 Å². The lowest BCUT2D eigenvalue weighted by Crippen LogP contribution is -2.41. The van der Waals surface area contributed by atoms with Gasteiger partial charge in [-0.05, 0) is 30.5 Å². The van der Waals surface area contributed by atoms with Gasteiger partial charge < -0.3 is 10.9 Å². The fourth-order valence-electron chi connectivity index (χ4n) is 2.67. The maximum Gasteiger partial charge on any atom is 0.282 e. The molecule has 0 saturated carbocycles. The Morgan fingerprint density at radius 2 is 1.81 bits per heavy atom. The zero-order valence-corrected chi connectivity index (χ0v) is 13.9. The van der Waals surface area contributed by atoms with E-state index in [0.29, 0.717) is 24.1 Å². The van der Waals surface area contributed by atoms with Gasteiger partial charge in [-0.3, -0.25) is 9.59 Å². The van der Waals surface area contributed by atoms with Crippen LogP contribution in [0.15, 0.2) is 59.6 Å². The lowest BCUT2D eigenvalue weighted by atomic mass is 10.1. The first-order valence-electron chi connectivity index (χ1n) is 8.06. The third kappa shape index (κ3) is 3.77. The monoisotopic (exact) mass is 349 g/mol. The maximum absolute atomic E-state index is 12.4. The second kappa shape index (κ2) is 7.60. The van der Waals surface area contributed by atoms with Crippen molar-refractivity contribution in [2.75, 3.05) is 0 Å². The predicted octanol–water partition coefficient (Wildman–Crippen LogP) is 1.43. The number of aliphatic imine (C=N–C) groups is 1. The van der Waals surface area contributed by atoms with Gasteiger partial charge in [0.2, 0.25) is 5.71 Å². The Balaban J connectivity index is 1.69. The molecule has 0 aliphatic carbocycles. The number of nitrogens with zero attached hydrogens (tertiary/aromatic N) is 2. The number of nitrogens with two attached hydrogens (primary N) is 1. The number of primary amides is 1. The largest absolute Gasteiger partial charge is 0.595 e. The van der Waals surface area contributed by atoms with Gasteiger partial charge in [-0.15, -0.1) is 5.43 Å². The van der Waals surface area contributed by atoms with E-state index < -0.39 is 11.8 Å². The highest BCUT2D eigenvalue weighted by Gasteiger charge is 2.34. The summed E-state index contributed by atoms with van der Waals surface area (Å²) in [5, 5.41) is 12.4. The van der Waals surface area contributed by atoms with Gasteiger partial charge in [0.25, 0.3) is 17.5 Å². The Bertz CT molecular complexity index is 904. The van der Waals surface area contributed by atoms with Crippen LogP contribution < -0.4 is 11.2 Å². The number of hydrazone groups is 1. The molecule has 26 heavy (non-hydrogen) atoms. The highest BCUT2D eigenvalue weighted by molar-refractivity contribution is 6.71. The number of fused-ring (bicyclic) bond motifs is 1. The normalized spacial score (nSPS) is 14.4. The average Bonchev–Trinajstić information content (AvgIpc) is 3.02. The van der Waals surface area contributed by atoms with Crippen LogP contribution in [0.25, 0.3) is 0 Å². The zero-order valence-electron chi connectivity index (χ0n) is 13.9. The molecule has 0 bridgehead atoms. The van der Waals surface area contributed by atoms with Crippen LogP contribution in [0.2, 0.25) is 0 Å². The van der Waals surface area contributed by atoms with Crippen LogP contribution in [-0.2, 0) is 16.0 Å². The van der Waals surface area contributed by atoms with E-state index in [-0.39, 0.29) is 16.3 Å². The van der Waals surface area contributed by atoms with E-state index in [1.807, 2.05) is 30.3 Å². The summed E-state index contributed by atoms with van der Waals surface area (Å²) in [6.45, 7) is 0. The predicted molar refractivity (Wildman–Crippen MR) is 97.7 cm³/mol. The fraction of sp³-hybridized carbons (Fsp3) is 0.105. The number of carbonyl (C=O) groups excluding carboxylic acids is 2. The highest BCUT2D eigenvalue weighted by atomic mass is 16.5. The van der Waals surface area contributed by atoms with Crippen LogP contribution in [0.1, 0.15) is 17.5 Å². The summed E-state index contributed by atoms with van der Waals surface area (Å²) in [6.07, 6.45) is 2.55. The summed E-state index contributed by atoms with van der Waals surface area (Å²) < 4.78 is 0. The quantitative estimate of drug-likeness (QED) is 0.467. The van der Waals surface area contributed by atoms with Crippen molar-refractivity contribution < 1.29 is 14.4 Å². The topological polar surface area (TPSA) is 111 Å². The van der Waals surface area contributed by atoms with Crippen molar-refractivity contribution in [1.29, 1.82) is 0 Å². The van der Waals surface area contributed by atoms with Crippen molar-refractivity contribution in [3.05, 3.63) is 77.4 Å². The van der Waals surface area contributed by atoms with Gasteiger partial charge in [0.05, 0.1) is 17.7 Å². The van der Waals surface area contributed by atoms with Crippen LogP contribution in [0.5, 0.6) is 0 Å². The fourth-order valence-corrected chi connectivity index (χ4v) is 2.67. The maximum atomic E-state index is 12.4. The van der Waals surface area contributed by atoms with E-state index in [0.717, 1.165) is 5.56 Å². The van der Waals surface area contributed by atoms with E-state index in [1.165, 1.54) is 6.42 Å². The summed E-state index contributed by atoms with van der Waals surface area (Å²) in [5.74, 6) is -1.39. The standard InChI is InChI=1S/C19H17N4O3/c20-19(25)17-18(14-10-4-5-11-15(14)21-17)23(26)22-16(24)12-6-9-13-7-2-1-3-8-13/h1-5,7-8,10-12H,6,9H2,(H2,20,25)(H,22,24)/b23-18+. The molecule has 1 aliphatic heterocycles. The van der Waals surface area contributed by atoms with Crippen LogP contribution in [0.3, 0.4) is 0 Å². The van der Waals surface area contributed by atoms with E-state index in [1.54, 1.807) is 24.3 Å². The number of hydrogen-bond acceptors (Lipinski definition) is 4. The molecule has 0 unspecified atom stereocenters. The molecule has 0 spiro atoms. The lowest BCUT2D eigenvalue weighted by molar-refractivity contribution is -0.506. The Morgan fingerprint density at radius 1 is 1.12 bits per heavy atom. The summed E-state index contributed by atoms with van der Waals surface area (Å²) in [5.41, 5.74) is 9.26. The SMILES string of the molecule is NC(=O)C1=Nc2ccccc2/C1=[N+](\[O-])NC(=O)[CH]CCc1ccccc1. The summed E-state index contributed by atoms with van der Waals surface area (Å²) >= 11 is 0. The number of rotatable bonds is 6. The van der Waals surface area contributed by atoms with Gasteiger partial charge in [0.15, 0.2) is 0 Å². The zero-order chi connectivity index (χ0) is 18.5. The molecule has 2 amide bonds. The number of hydrazine groups is 1. The van der Waals surface area contributed by atoms with E-state index >= 15 is 0 Å². The highest BCUT2D eigenvalue weighted by Crippen LogP contribution is 2.26. The van der Waals surface area contributed by atoms with Crippen molar-refractivity contribution in [2.45, 2.75) is 12.8 Å². The Labute approximate surface area is 150 Å². The molecule has 2 aromatic rings. The second-order valence-corrected chi connectivity index (χ2v) is 5.69. The van der Waals surface area contributed by atoms with Gasteiger partial charge >= 0.3 is 0 Å². The molecule has 2 aromatic carbocycles. The van der Waals surface area contributed by atoms with Gasteiger partial charge in [-0.2, -0.15) is 0 Å². The van der Waals surface area contributed by atoms with Crippen LogP contribution in [-0.4, -0.2) is 28.1 Å². The third-order valence-corrected chi connectivity index (χ3v) is 3.87. The Hall–Kier alpha value is -3.48. The molecule has 1 radical (unpaired) electrons. The van der Waals surface area contributed by atoms with Gasteiger partial charge in [0.1, 0.15) is 0 Å². The molecular formula is C19H17N4O3. The third-order valence-electron chi connectivity index (χ3n) is 3.87. The number of nitrogens with one attached hydrogen (secondary N) is 1. The molecule has 0 aromatic heterocycles. The Morgan fingerprint density at radius 3 is 2.54 bits per heavy atom. The number of hydrogen-bond donors (Lipinski definition) is 2. The second-order valence-electron chi connectivity index (χ2n) is 5.69. The van der Waals surface area contributed by atoms with Crippen molar-refractivity contribution in [2.24, 2.45) is 10.7 Å². The minimum Gasteiger partial charge on any atom is -0.595 e. The number of aryl methyl sites for hydroxylation is 1. The average molecular weight is 349 g/mol. The Kier molecular flexibility index (Phi) is 5.07. The first-order valence-corrected chi connectivity index (χ1v) is 8.06. The van der Waals surface area contributed by atoms with Gasteiger partial charge in [-0.1, -0.05) is 47.3 Å². The molecule has 1 heterocycles. The molecule has 0 saturated heterocycles. The first-order chi connectivity index (χ1) is 12.6. The minimum absolute atomic E-state index is 0.0575. The first kappa shape index (κ1) is 17.3. The number of amides is 2. The van der Waals surface area contributed by atoms with E-state index in [9.17, 15) is 14.8 Å². The van der Waals surface area contributed by atoms with E-state index in [2.05, 4.69) is 10.4 Å². The lowest BCUT2D eigenvalue weighted by Gasteiger charge is -2.08. The van der Waals surface area contributed by atoms with Crippen LogP contribution in [0.4, 0.5) is 5.69 Å². The van der Waals surface area contributed by atoms with Crippen LogP contribution in [0, 0.1) is 11.6 Å². The minimum atomic E-state index is -0.834. The molecule has 131 valence electrons. The van der Waals surface area contributed by atoms with Crippen LogP contribution >= 0.6 is 0 Å². The molecule has 3 rings (SSSR count). The van der Waals surface area contributed by atoms with Crippen molar-refractivity contribution in [3.8, 4) is 0 Å². The number of carbonyl (C=O) groups is 2. The van der Waals surface area contributed by atoms with Crippen molar-refractivity contribution >= 4 is 28.9 Å². The van der Waals surface area contributed by atoms with E-state index in [4.69, 9.17) is 5.73 Å². The molecule has 1 aliphatic rings. The molecule has 0 fully saturated rings. The smallest absolute Gasteiger partial charge is 0.282 e. The summed E-state index contributed by atoms with van der Waals surface area (Å²) in [6, 6.07) is 16.4. The van der Waals surface area contributed by atoms with Crippen molar-refractivity contribution in [1.82, 2.24) is 5.43 Å². The van der Waals surface area contributed by atoms with Crippen molar-refractivity contribution in [3.63, 3.8) is 0 Å². The number of benzene rings is 2.